The van der Waals surface area contributed by atoms with Crippen molar-refractivity contribution < 1.29 is 31.3 Å². The smallest absolute Gasteiger partial charge is 0.402 e. The van der Waals surface area contributed by atoms with E-state index in [1.54, 1.807) is 0 Å². The normalized spacial score (nSPS) is 30.5. The quantitative estimate of drug-likeness (QED) is 0.634. The van der Waals surface area contributed by atoms with Gasteiger partial charge < -0.3 is 4.74 Å². The lowest BCUT2D eigenvalue weighted by molar-refractivity contribution is -0.155. The molecule has 2 bridgehead atoms. The maximum absolute atomic E-state index is 13.0. The lowest BCUT2D eigenvalue weighted by Crippen LogP contribution is -2.36. The first-order valence-electron chi connectivity index (χ1n) is 7.20. The molecule has 0 heterocycles. The SMILES string of the molecule is O=C(OCC(F)(F)S(=O)(=O)O)C1CCCC2CCC(C2)C1. The van der Waals surface area contributed by atoms with Crippen LogP contribution in [0.15, 0.2) is 0 Å². The molecule has 0 aliphatic heterocycles. The Morgan fingerprint density at radius 1 is 1.14 bits per heavy atom. The molecule has 0 aromatic rings. The van der Waals surface area contributed by atoms with E-state index in [2.05, 4.69) is 4.74 Å². The summed E-state index contributed by atoms with van der Waals surface area (Å²) in [6, 6.07) is 0. The van der Waals surface area contributed by atoms with Crippen LogP contribution < -0.4 is 0 Å². The zero-order chi connectivity index (χ0) is 15.7. The zero-order valence-electron chi connectivity index (χ0n) is 11.6. The van der Waals surface area contributed by atoms with E-state index >= 15 is 0 Å². The summed E-state index contributed by atoms with van der Waals surface area (Å²) >= 11 is 0. The molecule has 2 aliphatic carbocycles. The minimum atomic E-state index is -5.56. The Morgan fingerprint density at radius 3 is 2.48 bits per heavy atom. The van der Waals surface area contributed by atoms with E-state index in [1.165, 1.54) is 0 Å². The molecule has 2 rings (SSSR count). The molecule has 2 fully saturated rings. The molecule has 0 amide bonds. The molecule has 3 atom stereocenters. The number of halogens is 2. The molecule has 3 unspecified atom stereocenters. The predicted molar refractivity (Wildman–Crippen MR) is 70.2 cm³/mol. The first kappa shape index (κ1) is 16.6. The van der Waals surface area contributed by atoms with Gasteiger partial charge in [0, 0.05) is 0 Å². The molecule has 0 aromatic carbocycles. The summed E-state index contributed by atoms with van der Waals surface area (Å²) in [4.78, 5) is 11.9. The number of esters is 1. The molecule has 2 aliphatic rings. The fraction of sp³-hybridized carbons (Fsp3) is 0.923. The van der Waals surface area contributed by atoms with Crippen molar-refractivity contribution in [2.45, 2.75) is 50.2 Å². The van der Waals surface area contributed by atoms with Gasteiger partial charge in [0.2, 0.25) is 0 Å². The van der Waals surface area contributed by atoms with Crippen molar-refractivity contribution in [2.24, 2.45) is 17.8 Å². The number of carbonyl (C=O) groups is 1. The van der Waals surface area contributed by atoms with Crippen molar-refractivity contribution in [3.8, 4) is 0 Å². The summed E-state index contributed by atoms with van der Waals surface area (Å²) in [7, 11) is -5.56. The summed E-state index contributed by atoms with van der Waals surface area (Å²) in [6.45, 7) is -1.63. The van der Waals surface area contributed by atoms with E-state index in [4.69, 9.17) is 4.55 Å². The van der Waals surface area contributed by atoms with Crippen molar-refractivity contribution in [3.05, 3.63) is 0 Å². The number of hydrogen-bond donors (Lipinski definition) is 1. The van der Waals surface area contributed by atoms with Crippen LogP contribution in [0.3, 0.4) is 0 Å². The number of carbonyl (C=O) groups excluding carboxylic acids is 1. The molecule has 2 saturated carbocycles. The molecule has 21 heavy (non-hydrogen) atoms. The van der Waals surface area contributed by atoms with Crippen LogP contribution in [-0.2, 0) is 19.6 Å². The minimum absolute atomic E-state index is 0.426. The van der Waals surface area contributed by atoms with Crippen LogP contribution in [-0.4, -0.2) is 30.8 Å². The summed E-state index contributed by atoms with van der Waals surface area (Å²) < 4.78 is 59.8. The summed E-state index contributed by atoms with van der Waals surface area (Å²) in [5, 5.41) is -4.46. The van der Waals surface area contributed by atoms with Crippen LogP contribution in [0.4, 0.5) is 8.78 Å². The maximum atomic E-state index is 13.0. The molecule has 122 valence electrons. The third-order valence-electron chi connectivity index (χ3n) is 4.53. The molecule has 8 heteroatoms. The monoisotopic (exact) mass is 326 g/mol. The van der Waals surface area contributed by atoms with Crippen molar-refractivity contribution in [2.75, 3.05) is 6.61 Å². The zero-order valence-corrected chi connectivity index (χ0v) is 12.4. The molecule has 5 nitrogen and oxygen atoms in total. The van der Waals surface area contributed by atoms with E-state index in [-0.39, 0.29) is 0 Å². The second kappa shape index (κ2) is 6.16. The Labute approximate surface area is 122 Å². The lowest BCUT2D eigenvalue weighted by Gasteiger charge is -2.23. The van der Waals surface area contributed by atoms with Gasteiger partial charge in [-0.15, -0.1) is 0 Å². The van der Waals surface area contributed by atoms with Crippen LogP contribution in [0, 0.1) is 17.8 Å². The summed E-state index contributed by atoms with van der Waals surface area (Å²) in [6.07, 6.45) is 6.39. The highest BCUT2D eigenvalue weighted by Crippen LogP contribution is 2.41. The minimum Gasteiger partial charge on any atom is -0.458 e. The van der Waals surface area contributed by atoms with Gasteiger partial charge in [-0.05, 0) is 31.1 Å². The first-order valence-corrected chi connectivity index (χ1v) is 8.64. The van der Waals surface area contributed by atoms with E-state index in [0.29, 0.717) is 18.8 Å². The topological polar surface area (TPSA) is 80.7 Å². The third-order valence-corrected chi connectivity index (χ3v) is 5.40. The first-order chi connectivity index (χ1) is 9.69. The Kier molecular flexibility index (Phi) is 4.87. The molecular weight excluding hydrogens is 306 g/mol. The average molecular weight is 326 g/mol. The molecule has 0 saturated heterocycles. The fourth-order valence-corrected chi connectivity index (χ4v) is 3.60. The van der Waals surface area contributed by atoms with Crippen molar-refractivity contribution in [1.82, 2.24) is 0 Å². The van der Waals surface area contributed by atoms with E-state index in [9.17, 15) is 22.0 Å². The fourth-order valence-electron chi connectivity index (χ4n) is 3.39. The average Bonchev–Trinajstić information content (AvgIpc) is 2.81. The Hall–Kier alpha value is -0.760. The van der Waals surface area contributed by atoms with Crippen LogP contribution in [0.25, 0.3) is 0 Å². The van der Waals surface area contributed by atoms with Gasteiger partial charge in [0.1, 0.15) is 0 Å². The third kappa shape index (κ3) is 4.12. The molecule has 1 N–H and O–H groups in total. The van der Waals surface area contributed by atoms with Crippen LogP contribution in [0.1, 0.15) is 44.9 Å². The Balaban J connectivity index is 1.90. The van der Waals surface area contributed by atoms with Crippen LogP contribution in [0.5, 0.6) is 0 Å². The van der Waals surface area contributed by atoms with Crippen molar-refractivity contribution in [1.29, 1.82) is 0 Å². The van der Waals surface area contributed by atoms with Gasteiger partial charge in [0.05, 0.1) is 5.92 Å². The lowest BCUT2D eigenvalue weighted by atomic mass is 9.85. The standard InChI is InChI=1S/C13H20F2O5S/c14-13(15,21(17,18)19)8-20-12(16)11-3-1-2-9-4-5-10(6-9)7-11/h9-11H,1-8H2,(H,17,18,19). The molecule has 0 radical (unpaired) electrons. The molecule has 0 aromatic heterocycles. The number of alkyl halides is 2. The summed E-state index contributed by atoms with van der Waals surface area (Å²) in [5.41, 5.74) is 0. The molecular formula is C13H20F2O5S. The largest absolute Gasteiger partial charge is 0.458 e. The Morgan fingerprint density at radius 2 is 1.81 bits per heavy atom. The van der Waals surface area contributed by atoms with E-state index in [0.717, 1.165) is 38.0 Å². The van der Waals surface area contributed by atoms with Crippen molar-refractivity contribution in [3.63, 3.8) is 0 Å². The van der Waals surface area contributed by atoms with Gasteiger partial charge in [-0.2, -0.15) is 17.2 Å². The highest BCUT2D eigenvalue weighted by Gasteiger charge is 2.46. The number of fused-ring (bicyclic) bond motifs is 2. The summed E-state index contributed by atoms with van der Waals surface area (Å²) in [5.74, 6) is -0.0966. The number of rotatable bonds is 4. The van der Waals surface area contributed by atoms with Gasteiger partial charge >= 0.3 is 21.3 Å². The van der Waals surface area contributed by atoms with Gasteiger partial charge in [0.15, 0.2) is 6.61 Å². The Bertz CT molecular complexity index is 491. The van der Waals surface area contributed by atoms with Crippen LogP contribution >= 0.6 is 0 Å². The number of hydrogen-bond acceptors (Lipinski definition) is 4. The van der Waals surface area contributed by atoms with Gasteiger partial charge in [-0.1, -0.05) is 25.7 Å². The highest BCUT2D eigenvalue weighted by molar-refractivity contribution is 7.86. The van der Waals surface area contributed by atoms with Gasteiger partial charge in [-0.25, -0.2) is 0 Å². The van der Waals surface area contributed by atoms with Crippen molar-refractivity contribution >= 4 is 16.1 Å². The predicted octanol–water partition coefficient (Wildman–Crippen LogP) is 2.62. The van der Waals surface area contributed by atoms with E-state index in [1.807, 2.05) is 0 Å². The van der Waals surface area contributed by atoms with Gasteiger partial charge in [0.25, 0.3) is 0 Å². The second-order valence-corrected chi connectivity index (χ2v) is 7.68. The van der Waals surface area contributed by atoms with E-state index < -0.39 is 33.9 Å². The van der Waals surface area contributed by atoms with Crippen LogP contribution in [0.2, 0.25) is 0 Å². The number of ether oxygens (including phenoxy) is 1. The molecule has 0 spiro atoms. The maximum Gasteiger partial charge on any atom is 0.402 e. The second-order valence-electron chi connectivity index (χ2n) is 6.13. The van der Waals surface area contributed by atoms with Gasteiger partial charge in [-0.3, -0.25) is 9.35 Å². The highest BCUT2D eigenvalue weighted by atomic mass is 32.2.